The summed E-state index contributed by atoms with van der Waals surface area (Å²) >= 11 is 0. The van der Waals surface area contributed by atoms with Gasteiger partial charge in [-0.1, -0.05) is 25.3 Å². The van der Waals surface area contributed by atoms with Crippen LogP contribution >= 0.6 is 0 Å². The number of likely N-dealkylation sites (N-methyl/N-ethyl adjacent to an activating group) is 1. The van der Waals surface area contributed by atoms with Gasteiger partial charge in [0, 0.05) is 12.5 Å². The van der Waals surface area contributed by atoms with Crippen LogP contribution in [0.4, 0.5) is 0 Å². The first-order chi connectivity index (χ1) is 8.56. The molecule has 0 aromatic carbocycles. The predicted octanol–water partition coefficient (Wildman–Crippen LogP) is 1.80. The topological polar surface area (TPSA) is 46.6 Å². The summed E-state index contributed by atoms with van der Waals surface area (Å²) in [6, 6.07) is 0. The minimum absolute atomic E-state index is 0.00580. The van der Waals surface area contributed by atoms with Crippen LogP contribution in [-0.4, -0.2) is 44.4 Å². The summed E-state index contributed by atoms with van der Waals surface area (Å²) in [6.07, 6.45) is 6.84. The maximum absolute atomic E-state index is 12.3. The molecule has 0 heterocycles. The molecule has 1 saturated carbocycles. The van der Waals surface area contributed by atoms with E-state index < -0.39 is 5.97 Å². The molecular formula is C14H23NO3. The highest BCUT2D eigenvalue weighted by Crippen LogP contribution is 2.26. The minimum atomic E-state index is -0.507. The molecule has 0 aromatic heterocycles. The number of ether oxygens (including phenoxy) is 1. The number of hydrogen-bond donors (Lipinski definition) is 0. The zero-order valence-electron chi connectivity index (χ0n) is 11.6. The van der Waals surface area contributed by atoms with Crippen LogP contribution in [0.15, 0.2) is 11.6 Å². The van der Waals surface area contributed by atoms with Crippen molar-refractivity contribution in [3.05, 3.63) is 11.6 Å². The second-order valence-electron chi connectivity index (χ2n) is 5.07. The molecule has 0 radical (unpaired) electrons. The van der Waals surface area contributed by atoms with Gasteiger partial charge < -0.3 is 9.64 Å². The highest BCUT2D eigenvalue weighted by Gasteiger charge is 2.28. The first-order valence-corrected chi connectivity index (χ1v) is 6.53. The molecule has 0 spiro atoms. The van der Waals surface area contributed by atoms with Crippen LogP contribution in [-0.2, 0) is 14.3 Å². The van der Waals surface area contributed by atoms with Crippen molar-refractivity contribution in [2.75, 3.05) is 27.7 Å². The molecule has 102 valence electrons. The number of Topliss-reactive ketones (excluding diaryl/α,β-unsaturated/α-hetero) is 1. The van der Waals surface area contributed by atoms with Crippen molar-refractivity contribution in [2.45, 2.75) is 32.1 Å². The molecule has 1 rings (SSSR count). The van der Waals surface area contributed by atoms with Gasteiger partial charge >= 0.3 is 5.97 Å². The maximum atomic E-state index is 12.3. The molecule has 0 N–H and O–H groups in total. The number of rotatable bonds is 5. The molecule has 0 bridgehead atoms. The van der Waals surface area contributed by atoms with Gasteiger partial charge in [0.1, 0.15) is 5.57 Å². The van der Waals surface area contributed by atoms with Crippen LogP contribution in [0.1, 0.15) is 32.1 Å². The van der Waals surface area contributed by atoms with Crippen LogP contribution in [0.3, 0.4) is 0 Å². The molecule has 0 amide bonds. The van der Waals surface area contributed by atoms with Crippen LogP contribution in [0.25, 0.3) is 0 Å². The summed E-state index contributed by atoms with van der Waals surface area (Å²) < 4.78 is 4.71. The van der Waals surface area contributed by atoms with Gasteiger partial charge in [0.15, 0.2) is 5.78 Å². The van der Waals surface area contributed by atoms with E-state index in [2.05, 4.69) is 0 Å². The average Bonchev–Trinajstić information content (AvgIpc) is 2.39. The average molecular weight is 253 g/mol. The van der Waals surface area contributed by atoms with Crippen LogP contribution in [0.2, 0.25) is 0 Å². The predicted molar refractivity (Wildman–Crippen MR) is 70.2 cm³/mol. The van der Waals surface area contributed by atoms with E-state index in [4.69, 9.17) is 4.74 Å². The van der Waals surface area contributed by atoms with Crippen LogP contribution in [0.5, 0.6) is 0 Å². The Morgan fingerprint density at radius 2 is 1.83 bits per heavy atom. The van der Waals surface area contributed by atoms with Crippen molar-refractivity contribution in [3.8, 4) is 0 Å². The van der Waals surface area contributed by atoms with Gasteiger partial charge in [0.25, 0.3) is 0 Å². The molecule has 1 fully saturated rings. The van der Waals surface area contributed by atoms with E-state index in [0.717, 1.165) is 25.7 Å². The smallest absolute Gasteiger partial charge is 0.341 e. The van der Waals surface area contributed by atoms with E-state index in [1.807, 2.05) is 19.0 Å². The zero-order valence-corrected chi connectivity index (χ0v) is 11.6. The number of esters is 1. The summed E-state index contributed by atoms with van der Waals surface area (Å²) in [5.41, 5.74) is 0.220. The Bertz CT molecular complexity index is 328. The number of carbonyl (C=O) groups is 2. The fourth-order valence-corrected chi connectivity index (χ4v) is 2.25. The van der Waals surface area contributed by atoms with Gasteiger partial charge in [-0.15, -0.1) is 0 Å². The monoisotopic (exact) mass is 253 g/mol. The highest BCUT2D eigenvalue weighted by molar-refractivity contribution is 6.18. The SMILES string of the molecule is COC(=O)/C(=C\CN(C)C)C(=O)C1CCCCC1. The second-order valence-corrected chi connectivity index (χ2v) is 5.07. The Morgan fingerprint density at radius 1 is 1.22 bits per heavy atom. The normalized spacial score (nSPS) is 17.9. The van der Waals surface area contributed by atoms with Crippen LogP contribution < -0.4 is 0 Å². The first kappa shape index (κ1) is 14.9. The quantitative estimate of drug-likeness (QED) is 0.324. The molecule has 18 heavy (non-hydrogen) atoms. The largest absolute Gasteiger partial charge is 0.465 e. The van der Waals surface area contributed by atoms with E-state index in [9.17, 15) is 9.59 Å². The van der Waals surface area contributed by atoms with Gasteiger partial charge in [-0.2, -0.15) is 0 Å². The lowest BCUT2D eigenvalue weighted by molar-refractivity contribution is -0.138. The molecular weight excluding hydrogens is 230 g/mol. The first-order valence-electron chi connectivity index (χ1n) is 6.53. The van der Waals surface area contributed by atoms with Crippen molar-refractivity contribution < 1.29 is 14.3 Å². The Hall–Kier alpha value is -1.16. The Labute approximate surface area is 109 Å². The summed E-state index contributed by atoms with van der Waals surface area (Å²) in [7, 11) is 5.12. The molecule has 0 saturated heterocycles. The Morgan fingerprint density at radius 3 is 2.33 bits per heavy atom. The minimum Gasteiger partial charge on any atom is -0.465 e. The summed E-state index contributed by atoms with van der Waals surface area (Å²) in [4.78, 5) is 25.9. The number of hydrogen-bond acceptors (Lipinski definition) is 4. The summed E-state index contributed by atoms with van der Waals surface area (Å²) in [5.74, 6) is -0.540. The van der Waals surface area contributed by atoms with Gasteiger partial charge in [0.05, 0.1) is 7.11 Å². The summed E-state index contributed by atoms with van der Waals surface area (Å²) in [6.45, 7) is 0.572. The van der Waals surface area contributed by atoms with Crippen molar-refractivity contribution in [1.82, 2.24) is 4.90 Å². The van der Waals surface area contributed by atoms with E-state index in [0.29, 0.717) is 6.54 Å². The number of carbonyl (C=O) groups excluding carboxylic acids is 2. The van der Waals surface area contributed by atoms with Gasteiger partial charge in [-0.3, -0.25) is 4.79 Å². The maximum Gasteiger partial charge on any atom is 0.341 e. The zero-order chi connectivity index (χ0) is 13.5. The Kier molecular flexibility index (Phi) is 6.05. The molecule has 1 aliphatic rings. The highest BCUT2D eigenvalue weighted by atomic mass is 16.5. The lowest BCUT2D eigenvalue weighted by Crippen LogP contribution is -2.25. The molecule has 0 unspecified atom stereocenters. The number of ketones is 1. The van der Waals surface area contributed by atoms with Crippen molar-refractivity contribution in [2.24, 2.45) is 5.92 Å². The third-order valence-electron chi connectivity index (χ3n) is 3.31. The van der Waals surface area contributed by atoms with Gasteiger partial charge in [0.2, 0.25) is 0 Å². The van der Waals surface area contributed by atoms with Crippen molar-refractivity contribution in [3.63, 3.8) is 0 Å². The Balaban J connectivity index is 2.77. The summed E-state index contributed by atoms with van der Waals surface area (Å²) in [5, 5.41) is 0. The second kappa shape index (κ2) is 7.31. The molecule has 0 aliphatic heterocycles. The molecule has 1 aliphatic carbocycles. The number of methoxy groups -OCH3 is 1. The third-order valence-corrected chi connectivity index (χ3v) is 3.31. The molecule has 4 nitrogen and oxygen atoms in total. The van der Waals surface area contributed by atoms with E-state index in [1.165, 1.54) is 13.5 Å². The van der Waals surface area contributed by atoms with E-state index in [-0.39, 0.29) is 17.3 Å². The fourth-order valence-electron chi connectivity index (χ4n) is 2.25. The lowest BCUT2D eigenvalue weighted by atomic mass is 9.83. The van der Waals surface area contributed by atoms with E-state index >= 15 is 0 Å². The molecule has 0 atom stereocenters. The standard InChI is InChI=1S/C14H23NO3/c1-15(2)10-9-12(14(17)18-3)13(16)11-7-5-4-6-8-11/h9,11H,4-8,10H2,1-3H3/b12-9-. The van der Waals surface area contributed by atoms with Gasteiger partial charge in [-0.25, -0.2) is 4.79 Å². The number of nitrogens with zero attached hydrogens (tertiary/aromatic N) is 1. The van der Waals surface area contributed by atoms with E-state index in [1.54, 1.807) is 6.08 Å². The van der Waals surface area contributed by atoms with Gasteiger partial charge in [-0.05, 0) is 26.9 Å². The molecule has 4 heteroatoms. The van der Waals surface area contributed by atoms with Crippen LogP contribution in [0, 0.1) is 5.92 Å². The van der Waals surface area contributed by atoms with Crippen molar-refractivity contribution in [1.29, 1.82) is 0 Å². The lowest BCUT2D eigenvalue weighted by Gasteiger charge is -2.21. The fraction of sp³-hybridized carbons (Fsp3) is 0.714. The molecule has 0 aromatic rings. The third kappa shape index (κ3) is 4.26. The van der Waals surface area contributed by atoms with Crippen molar-refractivity contribution >= 4 is 11.8 Å².